The van der Waals surface area contributed by atoms with Crippen molar-refractivity contribution in [2.75, 3.05) is 0 Å². The van der Waals surface area contributed by atoms with Crippen molar-refractivity contribution in [1.82, 2.24) is 0 Å². The average Bonchev–Trinajstić information content (AvgIpc) is 2.84. The summed E-state index contributed by atoms with van der Waals surface area (Å²) in [7, 11) is 0. The van der Waals surface area contributed by atoms with E-state index in [4.69, 9.17) is 5.11 Å². The van der Waals surface area contributed by atoms with Gasteiger partial charge in [-0.05, 0) is 72.0 Å². The van der Waals surface area contributed by atoms with E-state index >= 15 is 0 Å². The second-order valence-electron chi connectivity index (χ2n) is 9.27. The molecule has 3 aliphatic rings. The Morgan fingerprint density at radius 3 is 2.64 bits per heavy atom. The lowest BCUT2D eigenvalue weighted by atomic mass is 9.51. The van der Waals surface area contributed by atoms with Crippen molar-refractivity contribution in [3.05, 3.63) is 47.0 Å². The van der Waals surface area contributed by atoms with E-state index in [-0.39, 0.29) is 36.0 Å². The van der Waals surface area contributed by atoms with Crippen LogP contribution >= 0.6 is 0 Å². The monoisotopic (exact) mass is 384 g/mol. The van der Waals surface area contributed by atoms with Crippen LogP contribution in [-0.2, 0) is 28.0 Å². The average molecular weight is 384 g/mol. The van der Waals surface area contributed by atoms with E-state index in [1.54, 1.807) is 0 Å². The van der Waals surface area contributed by atoms with Crippen molar-refractivity contribution in [2.24, 2.45) is 23.2 Å². The molecule has 1 aromatic rings. The minimum Gasteiger partial charge on any atom is -0.481 e. The van der Waals surface area contributed by atoms with Gasteiger partial charge in [0.1, 0.15) is 0 Å². The lowest BCUT2D eigenvalue weighted by Crippen LogP contribution is -2.52. The van der Waals surface area contributed by atoms with E-state index in [2.05, 4.69) is 13.5 Å². The smallest absolute Gasteiger partial charge is 0.307 e. The summed E-state index contributed by atoms with van der Waals surface area (Å²) < 4.78 is 0. The number of hydrogen-bond acceptors (Lipinski definition) is 3. The number of benzene rings is 1. The van der Waals surface area contributed by atoms with Crippen LogP contribution < -0.4 is 0 Å². The lowest BCUT2D eigenvalue weighted by molar-refractivity contribution is -0.144. The fraction of sp³-hybridized carbons (Fsp3) is 0.565. The van der Waals surface area contributed by atoms with Crippen molar-refractivity contribution >= 4 is 11.9 Å². The number of fused-ring (bicyclic) bond motifs is 5. The maximum atomic E-state index is 11.8. The molecule has 5 heteroatoms. The summed E-state index contributed by atoms with van der Waals surface area (Å²) in [5.74, 6) is -1.38. The van der Waals surface area contributed by atoms with Crippen LogP contribution in [0.25, 0.3) is 0 Å². The van der Waals surface area contributed by atoms with Crippen LogP contribution in [0.4, 0.5) is 0 Å². The number of aliphatic hydroxyl groups is 1. The Labute approximate surface area is 165 Å². The highest BCUT2D eigenvalue weighted by Crippen LogP contribution is 2.66. The number of aryl methyl sites for hydroxylation is 1. The number of carbonyl (C=O) groups is 2. The standard InChI is InChI=1S/C23H28O5/c1-13-9-16(12-20(26)27)22(2)7-8-23(28)17-5-3-14(11-19(24)25)10-15(17)4-6-18(23)21(13)22/h3,5,10,16,18,21,28H,1,4,6-9,11-12H2,2H3,(H,24,25)(H,26,27)/t16-,18+,21-,22+,23-/m0/s1. The van der Waals surface area contributed by atoms with Crippen molar-refractivity contribution < 1.29 is 24.9 Å². The zero-order chi connectivity index (χ0) is 20.3. The summed E-state index contributed by atoms with van der Waals surface area (Å²) in [5, 5.41) is 30.2. The molecule has 0 amide bonds. The third-order valence-electron chi connectivity index (χ3n) is 7.79. The van der Waals surface area contributed by atoms with Crippen LogP contribution in [0.3, 0.4) is 0 Å². The Hall–Kier alpha value is -2.14. The minimum absolute atomic E-state index is 0.0104. The van der Waals surface area contributed by atoms with Crippen LogP contribution in [0, 0.1) is 23.2 Å². The molecular weight excluding hydrogens is 356 g/mol. The fourth-order valence-electron chi connectivity index (χ4n) is 6.55. The Balaban J connectivity index is 1.69. The normalized spacial score (nSPS) is 36.4. The first-order valence-corrected chi connectivity index (χ1v) is 10.1. The summed E-state index contributed by atoms with van der Waals surface area (Å²) in [6.07, 6.45) is 3.88. The molecule has 150 valence electrons. The molecule has 5 nitrogen and oxygen atoms in total. The third kappa shape index (κ3) is 2.79. The summed E-state index contributed by atoms with van der Waals surface area (Å²) in [5.41, 5.74) is 2.75. The SMILES string of the molecule is C=C1C[C@@H](CC(=O)O)[C@@]2(C)CC[C@]3(O)c4ccc(CC(=O)O)cc4CC[C@@H]3[C@H]12. The molecule has 0 radical (unpaired) electrons. The van der Waals surface area contributed by atoms with Gasteiger partial charge in [-0.1, -0.05) is 37.3 Å². The molecule has 0 saturated heterocycles. The predicted octanol–water partition coefficient (Wildman–Crippen LogP) is 3.53. The summed E-state index contributed by atoms with van der Waals surface area (Å²) in [6.45, 7) is 6.49. The van der Waals surface area contributed by atoms with Gasteiger partial charge in [0.25, 0.3) is 0 Å². The van der Waals surface area contributed by atoms with E-state index in [0.717, 1.165) is 47.9 Å². The molecule has 0 aromatic heterocycles. The molecule has 0 aliphatic heterocycles. The van der Waals surface area contributed by atoms with Crippen molar-refractivity contribution in [3.63, 3.8) is 0 Å². The van der Waals surface area contributed by atoms with Crippen molar-refractivity contribution in [3.8, 4) is 0 Å². The van der Waals surface area contributed by atoms with Crippen molar-refractivity contribution in [1.29, 1.82) is 0 Å². The number of hydrogen-bond donors (Lipinski definition) is 3. The first-order valence-electron chi connectivity index (χ1n) is 10.1. The second-order valence-corrected chi connectivity index (χ2v) is 9.27. The first-order chi connectivity index (χ1) is 13.1. The van der Waals surface area contributed by atoms with E-state index in [1.165, 1.54) is 0 Å². The van der Waals surface area contributed by atoms with Crippen LogP contribution in [-0.4, -0.2) is 27.3 Å². The molecule has 0 heterocycles. The highest BCUT2D eigenvalue weighted by atomic mass is 16.4. The van der Waals surface area contributed by atoms with Gasteiger partial charge in [-0.3, -0.25) is 9.59 Å². The molecule has 0 bridgehead atoms. The minimum atomic E-state index is -0.944. The molecular formula is C23H28O5. The molecule has 3 aliphatic carbocycles. The Morgan fingerprint density at radius 1 is 1.21 bits per heavy atom. The predicted molar refractivity (Wildman–Crippen MR) is 104 cm³/mol. The number of carboxylic acid groups (broad SMARTS) is 2. The molecule has 0 spiro atoms. The van der Waals surface area contributed by atoms with Gasteiger partial charge in [0.15, 0.2) is 0 Å². The zero-order valence-corrected chi connectivity index (χ0v) is 16.3. The van der Waals surface area contributed by atoms with Crippen LogP contribution in [0.1, 0.15) is 55.7 Å². The highest BCUT2D eigenvalue weighted by molar-refractivity contribution is 5.70. The molecule has 5 atom stereocenters. The number of rotatable bonds is 4. The summed E-state index contributed by atoms with van der Waals surface area (Å²) >= 11 is 0. The molecule has 1 aromatic carbocycles. The van der Waals surface area contributed by atoms with Crippen LogP contribution in [0.5, 0.6) is 0 Å². The van der Waals surface area contributed by atoms with Gasteiger partial charge in [0.2, 0.25) is 0 Å². The topological polar surface area (TPSA) is 94.8 Å². The Morgan fingerprint density at radius 2 is 1.96 bits per heavy atom. The third-order valence-corrected chi connectivity index (χ3v) is 7.79. The van der Waals surface area contributed by atoms with Crippen molar-refractivity contribution in [2.45, 2.75) is 57.5 Å². The van der Waals surface area contributed by atoms with Crippen LogP contribution in [0.2, 0.25) is 0 Å². The largest absolute Gasteiger partial charge is 0.481 e. The van der Waals surface area contributed by atoms with E-state index in [1.807, 2.05) is 18.2 Å². The number of carboxylic acids is 2. The van der Waals surface area contributed by atoms with Gasteiger partial charge in [0, 0.05) is 6.42 Å². The van der Waals surface area contributed by atoms with E-state index in [9.17, 15) is 19.8 Å². The van der Waals surface area contributed by atoms with E-state index < -0.39 is 17.5 Å². The van der Waals surface area contributed by atoms with Crippen LogP contribution in [0.15, 0.2) is 30.4 Å². The maximum absolute atomic E-state index is 11.8. The van der Waals surface area contributed by atoms with Gasteiger partial charge in [0.05, 0.1) is 12.0 Å². The lowest BCUT2D eigenvalue weighted by Gasteiger charge is -2.55. The highest BCUT2D eigenvalue weighted by Gasteiger charge is 2.61. The second kappa shape index (κ2) is 6.45. The maximum Gasteiger partial charge on any atom is 0.307 e. The van der Waals surface area contributed by atoms with Gasteiger partial charge < -0.3 is 15.3 Å². The first kappa shape index (κ1) is 19.2. The number of aliphatic carboxylic acids is 2. The molecule has 3 N–H and O–H groups in total. The summed E-state index contributed by atoms with van der Waals surface area (Å²) in [4.78, 5) is 22.4. The van der Waals surface area contributed by atoms with Gasteiger partial charge >= 0.3 is 11.9 Å². The molecule has 2 saturated carbocycles. The van der Waals surface area contributed by atoms with Gasteiger partial charge in [-0.15, -0.1) is 0 Å². The zero-order valence-electron chi connectivity index (χ0n) is 16.3. The molecule has 28 heavy (non-hydrogen) atoms. The fourth-order valence-corrected chi connectivity index (χ4v) is 6.55. The van der Waals surface area contributed by atoms with E-state index in [0.29, 0.717) is 6.42 Å². The summed E-state index contributed by atoms with van der Waals surface area (Å²) in [6, 6.07) is 5.66. The molecule has 4 rings (SSSR count). The van der Waals surface area contributed by atoms with Gasteiger partial charge in [-0.2, -0.15) is 0 Å². The number of allylic oxidation sites excluding steroid dienone is 1. The molecule has 2 fully saturated rings. The Bertz CT molecular complexity index is 859. The molecule has 0 unspecified atom stereocenters. The van der Waals surface area contributed by atoms with Gasteiger partial charge in [-0.25, -0.2) is 0 Å². The quantitative estimate of drug-likeness (QED) is 0.691. The Kier molecular flexibility index (Phi) is 4.42.